The number of esters is 1. The lowest BCUT2D eigenvalue weighted by Crippen LogP contribution is -2.50. The van der Waals surface area contributed by atoms with Crippen molar-refractivity contribution in [2.75, 3.05) is 0 Å². The third-order valence-corrected chi connectivity index (χ3v) is 6.30. The lowest BCUT2D eigenvalue weighted by molar-refractivity contribution is -0.153. The number of carbonyl (C=O) groups excluding carboxylic acids is 2. The number of allylic oxidation sites excluding steroid dienone is 1. The summed E-state index contributed by atoms with van der Waals surface area (Å²) < 4.78 is 5.48. The highest BCUT2D eigenvalue weighted by atomic mass is 16.5. The Morgan fingerprint density at radius 3 is 2.36 bits per heavy atom. The van der Waals surface area contributed by atoms with E-state index in [0.29, 0.717) is 24.0 Å². The Kier molecular flexibility index (Phi) is 4.43. The molecule has 1 aromatic carbocycles. The van der Waals surface area contributed by atoms with Crippen LogP contribution in [0.1, 0.15) is 75.9 Å². The third-order valence-electron chi connectivity index (χ3n) is 6.30. The van der Waals surface area contributed by atoms with E-state index in [1.807, 2.05) is 20.8 Å². The van der Waals surface area contributed by atoms with Gasteiger partial charge in [-0.2, -0.15) is 0 Å². The molecule has 3 rings (SSSR count). The van der Waals surface area contributed by atoms with Crippen molar-refractivity contribution in [3.8, 4) is 5.75 Å². The highest BCUT2D eigenvalue weighted by Gasteiger charge is 2.55. The minimum Gasteiger partial charge on any atom is -0.508 e. The number of fused-ring (bicyclic) bond motifs is 3. The molecule has 2 atom stereocenters. The van der Waals surface area contributed by atoms with Crippen LogP contribution in [-0.2, 0) is 20.5 Å². The van der Waals surface area contributed by atoms with E-state index in [4.69, 9.17) is 4.74 Å². The second-order valence-corrected chi connectivity index (χ2v) is 9.22. The smallest absolute Gasteiger partial charge is 0.302 e. The monoisotopic (exact) mass is 388 g/mol. The zero-order valence-electron chi connectivity index (χ0n) is 17.2. The maximum atomic E-state index is 13.0. The number of benzene rings is 1. The Labute approximate surface area is 164 Å². The van der Waals surface area contributed by atoms with E-state index < -0.39 is 34.3 Å². The van der Waals surface area contributed by atoms with E-state index in [0.717, 1.165) is 0 Å². The van der Waals surface area contributed by atoms with Crippen LogP contribution in [0.4, 0.5) is 0 Å². The molecule has 0 bridgehead atoms. The van der Waals surface area contributed by atoms with Gasteiger partial charge in [0.1, 0.15) is 11.9 Å². The molecule has 0 spiro atoms. The summed E-state index contributed by atoms with van der Waals surface area (Å²) >= 11 is 0. The normalized spacial score (nSPS) is 26.5. The molecule has 3 N–H and O–H groups in total. The molecule has 0 radical (unpaired) electrons. The minimum absolute atomic E-state index is 0.0964. The summed E-state index contributed by atoms with van der Waals surface area (Å²) in [5.74, 6) is -1.40. The van der Waals surface area contributed by atoms with E-state index in [-0.39, 0.29) is 22.6 Å². The van der Waals surface area contributed by atoms with Crippen LogP contribution in [0, 0.1) is 5.41 Å². The first-order valence-electron chi connectivity index (χ1n) is 9.47. The number of Topliss-reactive ketones (excluding diaryl/α,β-unsaturated/α-hetero) is 1. The van der Waals surface area contributed by atoms with Gasteiger partial charge < -0.3 is 20.1 Å². The molecular weight excluding hydrogens is 360 g/mol. The van der Waals surface area contributed by atoms with Crippen molar-refractivity contribution in [1.82, 2.24) is 0 Å². The number of ether oxygens (including phenoxy) is 1. The summed E-state index contributed by atoms with van der Waals surface area (Å²) in [6, 6.07) is 2.99. The first kappa shape index (κ1) is 20.4. The quantitative estimate of drug-likeness (QED) is 0.668. The molecule has 6 heteroatoms. The average molecular weight is 388 g/mol. The fraction of sp³-hybridized carbons (Fsp3) is 0.545. The number of hydrogen-bond acceptors (Lipinski definition) is 6. The van der Waals surface area contributed by atoms with Gasteiger partial charge in [-0.15, -0.1) is 0 Å². The van der Waals surface area contributed by atoms with Crippen molar-refractivity contribution in [1.29, 1.82) is 0 Å². The molecule has 2 aliphatic carbocycles. The van der Waals surface area contributed by atoms with Crippen molar-refractivity contribution in [3.05, 3.63) is 40.2 Å². The van der Waals surface area contributed by atoms with Gasteiger partial charge >= 0.3 is 5.97 Å². The third kappa shape index (κ3) is 2.82. The summed E-state index contributed by atoms with van der Waals surface area (Å²) in [6.07, 6.45) is 0.630. The fourth-order valence-corrected chi connectivity index (χ4v) is 4.98. The Morgan fingerprint density at radius 2 is 1.82 bits per heavy atom. The lowest BCUT2D eigenvalue weighted by Gasteiger charge is -2.52. The van der Waals surface area contributed by atoms with Gasteiger partial charge in [0.05, 0.1) is 5.60 Å². The van der Waals surface area contributed by atoms with Gasteiger partial charge in [0.25, 0.3) is 0 Å². The second kappa shape index (κ2) is 6.08. The topological polar surface area (TPSA) is 104 Å². The van der Waals surface area contributed by atoms with Gasteiger partial charge in [0, 0.05) is 28.9 Å². The number of rotatable bonds is 2. The standard InChI is InChI=1S/C22H28O6/c1-11(23)28-16-7-8-22(6)13-10-15(24)14(21(4,5)27)9-12(13)17(25)18(26)19(22)20(16,2)3/h9-10,16,24,26-27H,7-8H2,1-6H3/t16-,22+/m0/s1. The summed E-state index contributed by atoms with van der Waals surface area (Å²) in [5.41, 5.74) is -1.17. The van der Waals surface area contributed by atoms with Crippen molar-refractivity contribution >= 4 is 11.8 Å². The summed E-state index contributed by atoms with van der Waals surface area (Å²) in [4.78, 5) is 24.6. The Hall–Kier alpha value is -2.34. The molecule has 6 nitrogen and oxygen atoms in total. The van der Waals surface area contributed by atoms with Gasteiger partial charge in [0.2, 0.25) is 5.78 Å². The number of aromatic hydroxyl groups is 1. The predicted octanol–water partition coefficient (Wildman–Crippen LogP) is 3.64. The van der Waals surface area contributed by atoms with Crippen molar-refractivity contribution in [2.45, 2.75) is 71.5 Å². The first-order valence-corrected chi connectivity index (χ1v) is 9.47. The zero-order valence-corrected chi connectivity index (χ0v) is 17.2. The van der Waals surface area contributed by atoms with Crippen LogP contribution in [0.15, 0.2) is 23.5 Å². The average Bonchev–Trinajstić information content (AvgIpc) is 2.54. The SMILES string of the molecule is CC(=O)O[C@H]1CC[C@@]2(C)C(=C(O)C(=O)c3cc(C(C)(C)O)c(O)cc32)C1(C)C. The molecule has 0 aromatic heterocycles. The predicted molar refractivity (Wildman–Crippen MR) is 103 cm³/mol. The van der Waals surface area contributed by atoms with Crippen molar-refractivity contribution in [2.24, 2.45) is 5.41 Å². The lowest BCUT2D eigenvalue weighted by atomic mass is 9.53. The molecule has 28 heavy (non-hydrogen) atoms. The van der Waals surface area contributed by atoms with Gasteiger partial charge in [-0.05, 0) is 50.0 Å². The molecule has 2 aliphatic rings. The van der Waals surface area contributed by atoms with E-state index in [1.54, 1.807) is 0 Å². The molecule has 0 aliphatic heterocycles. The molecule has 1 saturated carbocycles. The summed E-state index contributed by atoms with van der Waals surface area (Å²) in [6.45, 7) is 10.0. The van der Waals surface area contributed by atoms with Crippen LogP contribution in [-0.4, -0.2) is 33.2 Å². The largest absolute Gasteiger partial charge is 0.508 e. The van der Waals surface area contributed by atoms with Gasteiger partial charge in [-0.1, -0.05) is 20.8 Å². The highest BCUT2D eigenvalue weighted by Crippen LogP contribution is 2.57. The number of phenolic OH excluding ortho intramolecular Hbond substituents is 1. The maximum absolute atomic E-state index is 13.0. The van der Waals surface area contributed by atoms with Crippen LogP contribution < -0.4 is 0 Å². The van der Waals surface area contributed by atoms with Gasteiger partial charge in [-0.25, -0.2) is 0 Å². The summed E-state index contributed by atoms with van der Waals surface area (Å²) in [7, 11) is 0. The summed E-state index contributed by atoms with van der Waals surface area (Å²) in [5, 5.41) is 31.8. The Balaban J connectivity index is 2.24. The highest BCUT2D eigenvalue weighted by molar-refractivity contribution is 6.11. The van der Waals surface area contributed by atoms with E-state index >= 15 is 0 Å². The van der Waals surface area contributed by atoms with Crippen molar-refractivity contribution in [3.63, 3.8) is 0 Å². The van der Waals surface area contributed by atoms with Crippen LogP contribution in [0.5, 0.6) is 5.75 Å². The number of aliphatic hydroxyl groups is 2. The zero-order chi connectivity index (χ0) is 21.2. The minimum atomic E-state index is -1.34. The molecule has 1 aromatic rings. The molecule has 152 valence electrons. The molecule has 0 amide bonds. The van der Waals surface area contributed by atoms with Crippen LogP contribution in [0.3, 0.4) is 0 Å². The molecule has 0 heterocycles. The number of aliphatic hydroxyl groups excluding tert-OH is 1. The van der Waals surface area contributed by atoms with Crippen molar-refractivity contribution < 1.29 is 29.6 Å². The fourth-order valence-electron chi connectivity index (χ4n) is 4.98. The van der Waals surface area contributed by atoms with Crippen LogP contribution in [0.2, 0.25) is 0 Å². The van der Waals surface area contributed by atoms with E-state index in [9.17, 15) is 24.9 Å². The number of hydrogen-bond donors (Lipinski definition) is 3. The second-order valence-electron chi connectivity index (χ2n) is 9.22. The maximum Gasteiger partial charge on any atom is 0.302 e. The van der Waals surface area contributed by atoms with Gasteiger partial charge in [0.15, 0.2) is 5.76 Å². The van der Waals surface area contributed by atoms with Crippen LogP contribution in [0.25, 0.3) is 0 Å². The first-order chi connectivity index (χ1) is 12.7. The molecule has 0 unspecified atom stereocenters. The number of ketones is 1. The van der Waals surface area contributed by atoms with E-state index in [1.165, 1.54) is 32.9 Å². The molecule has 1 fully saturated rings. The molecular formula is C22H28O6. The van der Waals surface area contributed by atoms with Gasteiger partial charge in [-0.3, -0.25) is 9.59 Å². The van der Waals surface area contributed by atoms with Crippen LogP contribution >= 0.6 is 0 Å². The Morgan fingerprint density at radius 1 is 1.21 bits per heavy atom. The number of phenols is 1. The number of carbonyl (C=O) groups is 2. The molecule has 0 saturated heterocycles. The Bertz CT molecular complexity index is 902. The van der Waals surface area contributed by atoms with E-state index in [2.05, 4.69) is 0 Å².